The number of hydrazone groups is 1. The smallest absolute Gasteiger partial charge is 0.280 e. The van der Waals surface area contributed by atoms with Gasteiger partial charge in [-0.15, -0.1) is 0 Å². The molecule has 9 heteroatoms. The largest absolute Gasteiger partial charge is 0.497 e. The minimum Gasteiger partial charge on any atom is -0.497 e. The van der Waals surface area contributed by atoms with Gasteiger partial charge in [-0.05, 0) is 30.2 Å². The highest BCUT2D eigenvalue weighted by Crippen LogP contribution is 2.19. The van der Waals surface area contributed by atoms with Crippen LogP contribution in [0.3, 0.4) is 0 Å². The molecular formula is C23H21N5O4. The Bertz CT molecular complexity index is 1340. The zero-order valence-electron chi connectivity index (χ0n) is 17.6. The van der Waals surface area contributed by atoms with Crippen LogP contribution in [-0.2, 0) is 17.8 Å². The summed E-state index contributed by atoms with van der Waals surface area (Å²) in [5, 5.41) is 12.6. The van der Waals surface area contributed by atoms with Crippen LogP contribution in [0.15, 0.2) is 69.0 Å². The highest BCUT2D eigenvalue weighted by molar-refractivity contribution is 5.83. The van der Waals surface area contributed by atoms with Gasteiger partial charge in [0.05, 0.1) is 19.0 Å². The van der Waals surface area contributed by atoms with Crippen LogP contribution in [0.25, 0.3) is 11.0 Å². The Balaban J connectivity index is 1.56. The second-order valence-electron chi connectivity index (χ2n) is 7.11. The number of hydrogen-bond acceptors (Lipinski definition) is 7. The number of ether oxygens (including phenoxy) is 1. The molecular weight excluding hydrogens is 410 g/mol. The molecule has 0 aliphatic rings. The van der Waals surface area contributed by atoms with Gasteiger partial charge < -0.3 is 9.26 Å². The molecule has 1 amide bonds. The van der Waals surface area contributed by atoms with E-state index >= 15 is 0 Å². The summed E-state index contributed by atoms with van der Waals surface area (Å²) in [7, 11) is 1.57. The van der Waals surface area contributed by atoms with Gasteiger partial charge in [-0.3, -0.25) is 9.59 Å². The summed E-state index contributed by atoms with van der Waals surface area (Å²) >= 11 is 0. The third-order valence-electron chi connectivity index (χ3n) is 4.82. The van der Waals surface area contributed by atoms with Crippen LogP contribution < -0.4 is 15.7 Å². The van der Waals surface area contributed by atoms with E-state index in [-0.39, 0.29) is 6.54 Å². The van der Waals surface area contributed by atoms with Crippen LogP contribution in [0.1, 0.15) is 22.5 Å². The molecule has 9 nitrogen and oxygen atoms in total. The first-order valence-corrected chi connectivity index (χ1v) is 9.91. The average Bonchev–Trinajstić information content (AvgIpc) is 3.20. The van der Waals surface area contributed by atoms with E-state index in [9.17, 15) is 9.59 Å². The first-order chi connectivity index (χ1) is 15.5. The lowest BCUT2D eigenvalue weighted by atomic mass is 10.1. The van der Waals surface area contributed by atoms with Crippen LogP contribution in [0.5, 0.6) is 5.75 Å². The minimum absolute atomic E-state index is 0.295. The fourth-order valence-electron chi connectivity index (χ4n) is 3.27. The van der Waals surface area contributed by atoms with Gasteiger partial charge in [0.25, 0.3) is 11.5 Å². The highest BCUT2D eigenvalue weighted by atomic mass is 16.5. The Hall–Kier alpha value is -4.27. The van der Waals surface area contributed by atoms with Gasteiger partial charge in [0.1, 0.15) is 23.4 Å². The molecule has 0 unspecified atom stereocenters. The number of methoxy groups -OCH3 is 1. The third kappa shape index (κ3) is 4.56. The van der Waals surface area contributed by atoms with Crippen molar-refractivity contribution in [2.24, 2.45) is 5.10 Å². The molecule has 1 N–H and O–H groups in total. The zero-order valence-corrected chi connectivity index (χ0v) is 17.6. The quantitative estimate of drug-likeness (QED) is 0.355. The predicted molar refractivity (Wildman–Crippen MR) is 119 cm³/mol. The second-order valence-corrected chi connectivity index (χ2v) is 7.11. The molecule has 0 aliphatic carbocycles. The summed E-state index contributed by atoms with van der Waals surface area (Å²) in [4.78, 5) is 25.3. The lowest BCUT2D eigenvalue weighted by Gasteiger charge is -2.07. The molecule has 4 aromatic rings. The number of aryl methyl sites for hydroxylation is 1. The molecule has 0 bridgehead atoms. The summed E-state index contributed by atoms with van der Waals surface area (Å²) in [6.07, 6.45) is 1.92. The monoisotopic (exact) mass is 431 g/mol. The first-order valence-electron chi connectivity index (χ1n) is 9.91. The van der Waals surface area contributed by atoms with Crippen molar-refractivity contribution in [2.45, 2.75) is 19.9 Å². The summed E-state index contributed by atoms with van der Waals surface area (Å²) in [6.45, 7) is 1.39. The van der Waals surface area contributed by atoms with E-state index in [0.29, 0.717) is 34.5 Å². The number of amides is 1. The molecule has 0 saturated heterocycles. The van der Waals surface area contributed by atoms with Crippen molar-refractivity contribution < 1.29 is 14.1 Å². The van der Waals surface area contributed by atoms with Crippen LogP contribution in [0.2, 0.25) is 0 Å². The van der Waals surface area contributed by atoms with E-state index in [0.717, 1.165) is 15.8 Å². The predicted octanol–water partition coefficient (Wildman–Crippen LogP) is 2.44. The number of aromatic nitrogens is 3. The Morgan fingerprint density at radius 1 is 1.22 bits per heavy atom. The van der Waals surface area contributed by atoms with Gasteiger partial charge >= 0.3 is 0 Å². The number of benzene rings is 2. The summed E-state index contributed by atoms with van der Waals surface area (Å²) in [6, 6.07) is 16.9. The fraction of sp³-hybridized carbons (Fsp3) is 0.174. The normalized spacial score (nSPS) is 11.2. The lowest BCUT2D eigenvalue weighted by Crippen LogP contribution is -2.32. The second kappa shape index (κ2) is 9.25. The van der Waals surface area contributed by atoms with Crippen LogP contribution in [0, 0.1) is 6.92 Å². The molecule has 32 heavy (non-hydrogen) atoms. The van der Waals surface area contributed by atoms with Crippen molar-refractivity contribution in [3.05, 3.63) is 87.5 Å². The highest BCUT2D eigenvalue weighted by Gasteiger charge is 2.19. The van der Waals surface area contributed by atoms with Crippen molar-refractivity contribution in [1.29, 1.82) is 0 Å². The van der Waals surface area contributed by atoms with Crippen LogP contribution in [-0.4, -0.2) is 34.2 Å². The van der Waals surface area contributed by atoms with E-state index < -0.39 is 11.5 Å². The van der Waals surface area contributed by atoms with E-state index in [2.05, 4.69) is 20.8 Å². The Labute approximate surface area is 183 Å². The Morgan fingerprint density at radius 2 is 2.03 bits per heavy atom. The Morgan fingerprint density at radius 3 is 2.81 bits per heavy atom. The molecule has 4 rings (SSSR count). The summed E-state index contributed by atoms with van der Waals surface area (Å²) < 4.78 is 11.6. The Kier molecular flexibility index (Phi) is 6.07. The van der Waals surface area contributed by atoms with Crippen molar-refractivity contribution in [2.75, 3.05) is 7.11 Å². The number of fused-ring (bicyclic) bond motifs is 1. The van der Waals surface area contributed by atoms with Gasteiger partial charge in [0, 0.05) is 6.42 Å². The summed E-state index contributed by atoms with van der Waals surface area (Å²) in [5.74, 6) is 0.192. The molecule has 0 atom stereocenters. The molecule has 0 saturated carbocycles. The van der Waals surface area contributed by atoms with E-state index in [1.807, 2.05) is 48.5 Å². The van der Waals surface area contributed by atoms with Gasteiger partial charge in [0.15, 0.2) is 5.58 Å². The van der Waals surface area contributed by atoms with E-state index in [1.54, 1.807) is 20.1 Å². The van der Waals surface area contributed by atoms with Crippen LogP contribution >= 0.6 is 0 Å². The first kappa shape index (κ1) is 21.0. The van der Waals surface area contributed by atoms with Gasteiger partial charge in [-0.25, -0.2) is 10.1 Å². The maximum Gasteiger partial charge on any atom is 0.280 e. The topological polar surface area (TPSA) is 112 Å². The maximum atomic E-state index is 12.9. The molecule has 0 aliphatic heterocycles. The number of carbonyl (C=O) groups excluding carboxylic acids is 1. The minimum atomic E-state index is -0.488. The van der Waals surface area contributed by atoms with E-state index in [1.165, 1.54) is 6.21 Å². The SMILES string of the molecule is COc1cccc(/C=N\NC(=O)Cn2nc(Cc3ccccc3)c3onc(C)c3c2=O)c1. The van der Waals surface area contributed by atoms with Crippen molar-refractivity contribution in [3.8, 4) is 5.75 Å². The average molecular weight is 431 g/mol. The van der Waals surface area contributed by atoms with Crippen molar-refractivity contribution >= 4 is 23.1 Å². The molecule has 162 valence electrons. The van der Waals surface area contributed by atoms with Gasteiger partial charge in [-0.1, -0.05) is 47.6 Å². The molecule has 0 radical (unpaired) electrons. The zero-order chi connectivity index (χ0) is 22.5. The molecule has 2 heterocycles. The molecule has 0 spiro atoms. The van der Waals surface area contributed by atoms with Crippen molar-refractivity contribution in [1.82, 2.24) is 20.4 Å². The molecule has 2 aromatic heterocycles. The molecule has 0 fully saturated rings. The third-order valence-corrected chi connectivity index (χ3v) is 4.82. The standard InChI is InChI=1S/C23H21N5O4/c1-15-21-22(32-27-15)19(12-16-7-4-3-5-8-16)26-28(23(21)30)14-20(29)25-24-13-17-9-6-10-18(11-17)31-2/h3-11,13H,12,14H2,1-2H3,(H,25,29)/b24-13-. The number of hydrogen-bond donors (Lipinski definition) is 1. The number of nitrogens with zero attached hydrogens (tertiary/aromatic N) is 4. The van der Waals surface area contributed by atoms with E-state index in [4.69, 9.17) is 9.26 Å². The molecule has 2 aromatic carbocycles. The number of carbonyl (C=O) groups is 1. The van der Waals surface area contributed by atoms with Crippen LogP contribution in [0.4, 0.5) is 0 Å². The number of rotatable bonds is 7. The fourth-order valence-corrected chi connectivity index (χ4v) is 3.27. The maximum absolute atomic E-state index is 12.9. The number of nitrogens with one attached hydrogen (secondary N) is 1. The van der Waals surface area contributed by atoms with Gasteiger partial charge in [0.2, 0.25) is 0 Å². The lowest BCUT2D eigenvalue weighted by molar-refractivity contribution is -0.121. The van der Waals surface area contributed by atoms with Gasteiger partial charge in [-0.2, -0.15) is 10.2 Å². The van der Waals surface area contributed by atoms with Crippen molar-refractivity contribution in [3.63, 3.8) is 0 Å². The summed E-state index contributed by atoms with van der Waals surface area (Å²) in [5.41, 5.74) is 5.04.